The first-order valence-corrected chi connectivity index (χ1v) is 6.35. The third-order valence-corrected chi connectivity index (χ3v) is 3.09. The minimum atomic E-state index is -1.04. The van der Waals surface area contributed by atoms with E-state index in [1.54, 1.807) is 0 Å². The first-order valence-electron chi connectivity index (χ1n) is 6.35. The molecule has 0 amide bonds. The minimum absolute atomic E-state index is 0.0924. The van der Waals surface area contributed by atoms with Crippen LogP contribution in [0.5, 0.6) is 0 Å². The summed E-state index contributed by atoms with van der Waals surface area (Å²) >= 11 is 0. The second-order valence-electron chi connectivity index (χ2n) is 4.57. The Bertz CT molecular complexity index is 626. The number of nitrogens with two attached hydrogens (primary N) is 1. The summed E-state index contributed by atoms with van der Waals surface area (Å²) in [4.78, 5) is 15.2. The van der Waals surface area contributed by atoms with Crippen molar-refractivity contribution in [2.75, 3.05) is 17.6 Å². The maximum Gasteiger partial charge on any atom is 0.339 e. The van der Waals surface area contributed by atoms with Gasteiger partial charge in [-0.2, -0.15) is 0 Å². The van der Waals surface area contributed by atoms with Crippen LogP contribution in [-0.4, -0.2) is 22.6 Å². The van der Waals surface area contributed by atoms with Gasteiger partial charge in [-0.15, -0.1) is 0 Å². The van der Waals surface area contributed by atoms with Crippen LogP contribution >= 0.6 is 0 Å². The molecule has 0 fully saturated rings. The zero-order valence-electron chi connectivity index (χ0n) is 11.3. The van der Waals surface area contributed by atoms with E-state index in [0.717, 1.165) is 6.42 Å². The van der Waals surface area contributed by atoms with E-state index in [0.29, 0.717) is 18.1 Å². The number of aryl methyl sites for hydroxylation is 1. The third-order valence-electron chi connectivity index (χ3n) is 3.09. The molecule has 0 bridgehead atoms. The van der Waals surface area contributed by atoms with Crippen molar-refractivity contribution >= 4 is 17.5 Å². The zero-order valence-corrected chi connectivity index (χ0v) is 11.3. The van der Waals surface area contributed by atoms with Gasteiger partial charge in [0, 0.05) is 6.54 Å². The number of hydrogen-bond donors (Lipinski definition) is 3. The Balaban J connectivity index is 2.05. The summed E-state index contributed by atoms with van der Waals surface area (Å²) in [5, 5.41) is 12.2. The fourth-order valence-corrected chi connectivity index (χ4v) is 1.99. The van der Waals surface area contributed by atoms with Crippen molar-refractivity contribution < 1.29 is 9.90 Å². The first kappa shape index (κ1) is 13.9. The molecule has 104 valence electrons. The van der Waals surface area contributed by atoms with Crippen molar-refractivity contribution in [3.8, 4) is 0 Å². The molecule has 1 aromatic heterocycles. The molecule has 0 unspecified atom stereocenters. The highest BCUT2D eigenvalue weighted by molar-refractivity contribution is 5.94. The molecule has 1 heterocycles. The number of anilines is 2. The van der Waals surface area contributed by atoms with Crippen LogP contribution in [0.2, 0.25) is 0 Å². The Kier molecular flexibility index (Phi) is 4.20. The standard InChI is InChI=1S/C15H17N3O2/c1-10-4-2-3-5-11(10)6-7-17-14-13(15(19)20)8-12(16)9-18-14/h2-5,8-9H,6-7,16H2,1H3,(H,17,18)(H,19,20). The molecule has 1 aromatic carbocycles. The highest BCUT2D eigenvalue weighted by atomic mass is 16.4. The summed E-state index contributed by atoms with van der Waals surface area (Å²) in [7, 11) is 0. The van der Waals surface area contributed by atoms with Crippen LogP contribution in [0.4, 0.5) is 11.5 Å². The SMILES string of the molecule is Cc1ccccc1CCNc1ncc(N)cc1C(=O)O. The summed E-state index contributed by atoms with van der Waals surface area (Å²) in [5.74, 6) is -0.691. The van der Waals surface area contributed by atoms with Crippen molar-refractivity contribution in [3.63, 3.8) is 0 Å². The molecule has 0 aliphatic heterocycles. The van der Waals surface area contributed by atoms with E-state index in [1.165, 1.54) is 23.4 Å². The number of hydrogen-bond acceptors (Lipinski definition) is 4. The van der Waals surface area contributed by atoms with Gasteiger partial charge in [0.05, 0.1) is 11.9 Å². The molecule has 2 rings (SSSR count). The van der Waals surface area contributed by atoms with Gasteiger partial charge in [0.25, 0.3) is 0 Å². The second-order valence-corrected chi connectivity index (χ2v) is 4.57. The van der Waals surface area contributed by atoms with E-state index in [9.17, 15) is 4.79 Å². The third kappa shape index (κ3) is 3.26. The lowest BCUT2D eigenvalue weighted by atomic mass is 10.1. The molecule has 0 aliphatic rings. The molecule has 0 spiro atoms. The van der Waals surface area contributed by atoms with E-state index < -0.39 is 5.97 Å². The highest BCUT2D eigenvalue weighted by Crippen LogP contribution is 2.16. The van der Waals surface area contributed by atoms with Crippen molar-refractivity contribution in [1.82, 2.24) is 4.98 Å². The fourth-order valence-electron chi connectivity index (χ4n) is 1.99. The molecule has 5 heteroatoms. The Morgan fingerprint density at radius 2 is 2.15 bits per heavy atom. The van der Waals surface area contributed by atoms with Crippen molar-refractivity contribution in [3.05, 3.63) is 53.2 Å². The van der Waals surface area contributed by atoms with E-state index in [-0.39, 0.29) is 5.56 Å². The van der Waals surface area contributed by atoms with Gasteiger partial charge in [-0.1, -0.05) is 24.3 Å². The number of aromatic carboxylic acids is 1. The fraction of sp³-hybridized carbons (Fsp3) is 0.200. The summed E-state index contributed by atoms with van der Waals surface area (Å²) in [6.07, 6.45) is 2.25. The van der Waals surface area contributed by atoms with E-state index in [4.69, 9.17) is 10.8 Å². The largest absolute Gasteiger partial charge is 0.478 e. The highest BCUT2D eigenvalue weighted by Gasteiger charge is 2.11. The van der Waals surface area contributed by atoms with Crippen LogP contribution < -0.4 is 11.1 Å². The number of rotatable bonds is 5. The average Bonchev–Trinajstić information content (AvgIpc) is 2.42. The number of aromatic nitrogens is 1. The average molecular weight is 271 g/mol. The topological polar surface area (TPSA) is 88.2 Å². The Morgan fingerprint density at radius 3 is 2.85 bits per heavy atom. The summed E-state index contributed by atoms with van der Waals surface area (Å²) in [6.45, 7) is 2.67. The number of carboxylic acid groups (broad SMARTS) is 1. The summed E-state index contributed by atoms with van der Waals surface area (Å²) in [6, 6.07) is 9.51. The number of carbonyl (C=O) groups is 1. The van der Waals surface area contributed by atoms with Gasteiger partial charge in [-0.25, -0.2) is 9.78 Å². The van der Waals surface area contributed by atoms with Crippen LogP contribution in [0.3, 0.4) is 0 Å². The smallest absolute Gasteiger partial charge is 0.339 e. The Labute approximate surface area is 117 Å². The Hall–Kier alpha value is -2.56. The number of carboxylic acids is 1. The monoisotopic (exact) mass is 271 g/mol. The molecule has 0 saturated carbocycles. The van der Waals surface area contributed by atoms with Crippen molar-refractivity contribution in [2.45, 2.75) is 13.3 Å². The number of benzene rings is 1. The predicted octanol–water partition coefficient (Wildman–Crippen LogP) is 2.33. The molecule has 0 aliphatic carbocycles. The lowest BCUT2D eigenvalue weighted by Gasteiger charge is -2.10. The number of nitrogen functional groups attached to an aromatic ring is 1. The molecular weight excluding hydrogens is 254 g/mol. The van der Waals surface area contributed by atoms with Crippen molar-refractivity contribution in [2.24, 2.45) is 0 Å². The van der Waals surface area contributed by atoms with E-state index in [1.807, 2.05) is 12.1 Å². The molecule has 0 saturated heterocycles. The molecular formula is C15H17N3O2. The van der Waals surface area contributed by atoms with Gasteiger partial charge >= 0.3 is 5.97 Å². The van der Waals surface area contributed by atoms with Crippen LogP contribution in [0.25, 0.3) is 0 Å². The molecule has 2 aromatic rings. The maximum atomic E-state index is 11.1. The lowest BCUT2D eigenvalue weighted by Crippen LogP contribution is -2.12. The van der Waals surface area contributed by atoms with Crippen LogP contribution in [-0.2, 0) is 6.42 Å². The number of pyridine rings is 1. The Morgan fingerprint density at radius 1 is 1.40 bits per heavy atom. The number of nitrogens with zero attached hydrogens (tertiary/aromatic N) is 1. The lowest BCUT2D eigenvalue weighted by molar-refractivity contribution is 0.0697. The van der Waals surface area contributed by atoms with Crippen LogP contribution in [0.15, 0.2) is 36.5 Å². The molecule has 0 radical (unpaired) electrons. The first-order chi connectivity index (χ1) is 9.58. The molecule has 4 N–H and O–H groups in total. The molecule has 0 atom stereocenters. The summed E-state index contributed by atoms with van der Waals surface area (Å²) in [5.41, 5.74) is 8.43. The quantitative estimate of drug-likeness (QED) is 0.776. The number of nitrogens with one attached hydrogen (secondary N) is 1. The van der Waals surface area contributed by atoms with Crippen LogP contribution in [0, 0.1) is 6.92 Å². The normalized spacial score (nSPS) is 10.2. The molecule has 20 heavy (non-hydrogen) atoms. The van der Waals surface area contributed by atoms with Crippen molar-refractivity contribution in [1.29, 1.82) is 0 Å². The minimum Gasteiger partial charge on any atom is -0.478 e. The summed E-state index contributed by atoms with van der Waals surface area (Å²) < 4.78 is 0. The van der Waals surface area contributed by atoms with Gasteiger partial charge in [0.1, 0.15) is 11.4 Å². The van der Waals surface area contributed by atoms with Gasteiger partial charge in [0.15, 0.2) is 0 Å². The second kappa shape index (κ2) is 6.06. The molecule has 5 nitrogen and oxygen atoms in total. The van der Waals surface area contributed by atoms with E-state index in [2.05, 4.69) is 29.4 Å². The van der Waals surface area contributed by atoms with Gasteiger partial charge in [0.2, 0.25) is 0 Å². The van der Waals surface area contributed by atoms with E-state index >= 15 is 0 Å². The predicted molar refractivity (Wildman–Crippen MR) is 79.0 cm³/mol. The van der Waals surface area contributed by atoms with Gasteiger partial charge < -0.3 is 16.2 Å². The van der Waals surface area contributed by atoms with Gasteiger partial charge in [-0.3, -0.25) is 0 Å². The van der Waals surface area contributed by atoms with Crippen LogP contribution in [0.1, 0.15) is 21.5 Å². The van der Waals surface area contributed by atoms with Gasteiger partial charge in [-0.05, 0) is 30.5 Å². The maximum absolute atomic E-state index is 11.1. The zero-order chi connectivity index (χ0) is 14.5.